The summed E-state index contributed by atoms with van der Waals surface area (Å²) in [5.41, 5.74) is 0.166. The minimum Gasteiger partial charge on any atom is -0.548 e. The summed E-state index contributed by atoms with van der Waals surface area (Å²) in [7, 11) is 1.28. The van der Waals surface area contributed by atoms with Crippen LogP contribution >= 0.6 is 0 Å². The zero-order chi connectivity index (χ0) is 29.1. The Kier molecular flexibility index (Phi) is 7.96. The number of rotatable bonds is 5. The van der Waals surface area contributed by atoms with Gasteiger partial charge in [-0.2, -0.15) is 0 Å². The van der Waals surface area contributed by atoms with Crippen molar-refractivity contribution in [1.29, 1.82) is 0 Å². The third-order valence-electron chi connectivity index (χ3n) is 7.37. The van der Waals surface area contributed by atoms with Gasteiger partial charge in [0.05, 0.1) is 24.2 Å². The summed E-state index contributed by atoms with van der Waals surface area (Å²) in [4.78, 5) is 63.4. The summed E-state index contributed by atoms with van der Waals surface area (Å²) >= 11 is 0. The van der Waals surface area contributed by atoms with Crippen molar-refractivity contribution < 1.29 is 58.5 Å². The van der Waals surface area contributed by atoms with Gasteiger partial charge in [-0.15, -0.1) is 0 Å². The van der Waals surface area contributed by atoms with E-state index in [2.05, 4.69) is 0 Å². The number of aromatic nitrogens is 3. The maximum Gasteiger partial charge on any atom is 1.00 e. The summed E-state index contributed by atoms with van der Waals surface area (Å²) in [6.45, 7) is 6.55. The second kappa shape index (κ2) is 10.8. The molecule has 1 aromatic heterocycles. The summed E-state index contributed by atoms with van der Waals surface area (Å²) in [6, 6.07) is 8.99. The Morgan fingerprint density at radius 2 is 1.76 bits per heavy atom. The average Bonchev–Trinajstić information content (AvgIpc) is 3.16. The summed E-state index contributed by atoms with van der Waals surface area (Å²) in [6.07, 6.45) is 0.963. The summed E-state index contributed by atoms with van der Waals surface area (Å²) < 4.78 is 15.4. The fourth-order valence-corrected chi connectivity index (χ4v) is 4.99. The zero-order valence-corrected chi connectivity index (χ0v) is 25.5. The number of fused-ring (bicyclic) bond motifs is 5. The molecule has 0 spiro atoms. The molecule has 0 radical (unpaired) electrons. The van der Waals surface area contributed by atoms with E-state index in [1.807, 2.05) is 19.9 Å². The van der Waals surface area contributed by atoms with Crippen LogP contribution in [-0.4, -0.2) is 55.4 Å². The third-order valence-corrected chi connectivity index (χ3v) is 7.37. The van der Waals surface area contributed by atoms with Gasteiger partial charge in [0.15, 0.2) is 5.78 Å². The van der Waals surface area contributed by atoms with Gasteiger partial charge in [-0.3, -0.25) is 4.79 Å². The number of hydrogen-bond acceptors (Lipinski definition) is 8. The number of likely N-dealkylation sites (N-methyl/N-ethyl adjacent to an activating group) is 1. The van der Waals surface area contributed by atoms with E-state index < -0.39 is 41.1 Å². The molecule has 2 atom stereocenters. The van der Waals surface area contributed by atoms with Crippen LogP contribution in [0.25, 0.3) is 5.69 Å². The standard InChI is InChI=1S/C28H28N4O8.Na/c1-15(24(34)35)29(5)27(38)39-19-10-11-20-22(14-19)40-28(3,4)21-12-13-30-25(36)31(26(37)32(30)23(20)21)18-8-6-17(7-9-18)16(2)33;/h6-12,14-15,23H,13H2,1-5H3,(H,34,35);/q;+1/p-1/t15-,23?;/m0./s1. The molecule has 3 heterocycles. The number of aliphatic carboxylic acids is 1. The van der Waals surface area contributed by atoms with Crippen molar-refractivity contribution in [3.8, 4) is 17.2 Å². The molecule has 208 valence electrons. The Balaban J connectivity index is 0.00000387. The molecule has 2 aromatic carbocycles. The van der Waals surface area contributed by atoms with Crippen LogP contribution in [0, 0.1) is 0 Å². The quantitative estimate of drug-likeness (QED) is 0.200. The molecule has 1 unspecified atom stereocenters. The van der Waals surface area contributed by atoms with Crippen LogP contribution in [-0.2, 0) is 11.3 Å². The number of Topliss-reactive ketones (excluding diaryl/α,β-unsaturated/α-hetero) is 1. The van der Waals surface area contributed by atoms with E-state index in [1.54, 1.807) is 30.3 Å². The first kappa shape index (κ1) is 30.1. The Bertz CT molecular complexity index is 1710. The van der Waals surface area contributed by atoms with Crippen LogP contribution in [0.3, 0.4) is 0 Å². The summed E-state index contributed by atoms with van der Waals surface area (Å²) in [5.74, 6) is -1.12. The zero-order valence-electron chi connectivity index (χ0n) is 23.5. The molecule has 1 amide bonds. The number of carboxylic acids is 1. The van der Waals surface area contributed by atoms with Crippen molar-refractivity contribution in [2.24, 2.45) is 0 Å². The van der Waals surface area contributed by atoms with Crippen LogP contribution in [0.5, 0.6) is 11.5 Å². The minimum atomic E-state index is -1.43. The molecule has 2 aliphatic heterocycles. The van der Waals surface area contributed by atoms with Gasteiger partial charge in [0.1, 0.15) is 23.1 Å². The van der Waals surface area contributed by atoms with Crippen molar-refractivity contribution in [1.82, 2.24) is 18.8 Å². The normalized spacial score (nSPS) is 16.9. The van der Waals surface area contributed by atoms with Crippen molar-refractivity contribution in [2.45, 2.75) is 51.9 Å². The SMILES string of the molecule is CC(=O)c1ccc(-n2c(=O)n3n(c2=O)C2C(=CC3)C(C)(C)Oc3cc(OC(=O)N(C)[C@@H](C)C(=O)[O-])ccc32)cc1.[Na+]. The van der Waals surface area contributed by atoms with Gasteiger partial charge < -0.3 is 24.3 Å². The number of carboxylic acid groups (broad SMARTS) is 1. The first-order valence-corrected chi connectivity index (χ1v) is 12.6. The van der Waals surface area contributed by atoms with Crippen LogP contribution in [0.2, 0.25) is 0 Å². The van der Waals surface area contributed by atoms with Crippen molar-refractivity contribution >= 4 is 17.8 Å². The molecule has 2 aliphatic rings. The molecule has 12 nitrogen and oxygen atoms in total. The molecule has 0 aliphatic carbocycles. The van der Waals surface area contributed by atoms with Crippen molar-refractivity contribution in [2.75, 3.05) is 7.05 Å². The van der Waals surface area contributed by atoms with E-state index in [-0.39, 0.29) is 47.6 Å². The minimum absolute atomic E-state index is 0. The smallest absolute Gasteiger partial charge is 0.548 e. The predicted molar refractivity (Wildman–Crippen MR) is 140 cm³/mol. The number of carbonyl (C=O) groups is 3. The number of amides is 1. The van der Waals surface area contributed by atoms with Gasteiger partial charge in [0, 0.05) is 24.2 Å². The van der Waals surface area contributed by atoms with Crippen LogP contribution in [0.15, 0.2) is 63.7 Å². The second-order valence-electron chi connectivity index (χ2n) is 10.3. The van der Waals surface area contributed by atoms with Crippen LogP contribution in [0.1, 0.15) is 49.7 Å². The van der Waals surface area contributed by atoms with Crippen LogP contribution in [0.4, 0.5) is 4.79 Å². The number of carbonyl (C=O) groups excluding carboxylic acids is 3. The van der Waals surface area contributed by atoms with E-state index in [0.29, 0.717) is 22.6 Å². The van der Waals surface area contributed by atoms with Gasteiger partial charge in [-0.05, 0) is 69.7 Å². The largest absolute Gasteiger partial charge is 1.00 e. The second-order valence-corrected chi connectivity index (χ2v) is 10.3. The van der Waals surface area contributed by atoms with Crippen LogP contribution < -0.4 is 55.5 Å². The molecule has 0 fully saturated rings. The fourth-order valence-electron chi connectivity index (χ4n) is 4.99. The molecule has 5 rings (SSSR count). The number of hydrogen-bond donors (Lipinski definition) is 0. The van der Waals surface area contributed by atoms with E-state index in [0.717, 1.165) is 15.0 Å². The molecule has 0 saturated carbocycles. The first-order valence-electron chi connectivity index (χ1n) is 12.6. The Morgan fingerprint density at radius 1 is 1.10 bits per heavy atom. The molecule has 13 heteroatoms. The average molecular weight is 571 g/mol. The van der Waals surface area contributed by atoms with E-state index in [4.69, 9.17) is 9.47 Å². The maximum atomic E-state index is 13.8. The topological polar surface area (TPSA) is 145 Å². The maximum absolute atomic E-state index is 13.8. The Hall–Kier alpha value is -3.87. The monoisotopic (exact) mass is 570 g/mol. The number of nitrogens with zero attached hydrogens (tertiary/aromatic N) is 4. The summed E-state index contributed by atoms with van der Waals surface area (Å²) in [5, 5.41) is 11.1. The van der Waals surface area contributed by atoms with Gasteiger partial charge in [0.2, 0.25) is 0 Å². The molecule has 0 N–H and O–H groups in total. The van der Waals surface area contributed by atoms with Crippen molar-refractivity contribution in [3.05, 3.63) is 86.2 Å². The van der Waals surface area contributed by atoms with Gasteiger partial charge in [-0.25, -0.2) is 28.3 Å². The van der Waals surface area contributed by atoms with Gasteiger partial charge >= 0.3 is 47.0 Å². The van der Waals surface area contributed by atoms with E-state index in [9.17, 15) is 29.1 Å². The number of benzene rings is 2. The molecule has 3 aromatic rings. The fraction of sp³-hybridized carbons (Fsp3) is 0.321. The van der Waals surface area contributed by atoms with E-state index in [1.165, 1.54) is 42.4 Å². The third kappa shape index (κ3) is 5.07. The Labute approximate surface area is 256 Å². The number of allylic oxidation sites excluding steroid dienone is 1. The van der Waals surface area contributed by atoms with Gasteiger partial charge in [0.25, 0.3) is 0 Å². The predicted octanol–water partition coefficient (Wildman–Crippen LogP) is -1.72. The molecule has 0 saturated heterocycles. The molecular formula is C28H27N4NaO8. The molecular weight excluding hydrogens is 543 g/mol. The molecule has 41 heavy (non-hydrogen) atoms. The van der Waals surface area contributed by atoms with E-state index >= 15 is 0 Å². The Morgan fingerprint density at radius 3 is 2.37 bits per heavy atom. The first-order chi connectivity index (χ1) is 18.8. The number of ketones is 1. The van der Waals surface area contributed by atoms with Gasteiger partial charge in [-0.1, -0.05) is 6.08 Å². The number of ether oxygens (including phenoxy) is 2. The molecule has 0 bridgehead atoms. The van der Waals surface area contributed by atoms with Crippen molar-refractivity contribution in [3.63, 3.8) is 0 Å².